The number of benzene rings is 1. The van der Waals surface area contributed by atoms with Crippen LogP contribution in [0.25, 0.3) is 5.70 Å². The zero-order valence-electron chi connectivity index (χ0n) is 21.5. The van der Waals surface area contributed by atoms with Gasteiger partial charge in [0, 0.05) is 73.5 Å². The van der Waals surface area contributed by atoms with Crippen LogP contribution in [-0.4, -0.2) is 73.0 Å². The standard InChI is InChI=1S/C27H41BrN6O2/c1-3-25(35)31-22-12-19(15-30-16-22)27(36)34-11-7-8-21(17-34)32-26-23(13-20(28)14-24(26)29)18(2)33-9-5-4-6-10-33/h13-14,19,21-22,30,32H,2-12,15-17,29H2,1H3,(H,31,35)/t19?,21-,22?/m1/s1. The maximum atomic E-state index is 13.4. The molecule has 1 aromatic rings. The molecule has 1 aromatic carbocycles. The smallest absolute Gasteiger partial charge is 0.227 e. The van der Waals surface area contributed by atoms with Gasteiger partial charge in [0.2, 0.25) is 11.8 Å². The second kappa shape index (κ2) is 12.3. The molecule has 198 valence electrons. The molecule has 3 atom stereocenters. The van der Waals surface area contributed by atoms with Gasteiger partial charge in [-0.3, -0.25) is 9.59 Å². The van der Waals surface area contributed by atoms with Crippen molar-refractivity contribution in [2.45, 2.75) is 64.0 Å². The van der Waals surface area contributed by atoms with Crippen molar-refractivity contribution in [2.24, 2.45) is 5.92 Å². The molecule has 3 aliphatic rings. The van der Waals surface area contributed by atoms with E-state index < -0.39 is 0 Å². The maximum Gasteiger partial charge on any atom is 0.227 e. The van der Waals surface area contributed by atoms with E-state index >= 15 is 0 Å². The Labute approximate surface area is 223 Å². The predicted octanol–water partition coefficient (Wildman–Crippen LogP) is 3.40. The highest BCUT2D eigenvalue weighted by molar-refractivity contribution is 9.10. The van der Waals surface area contributed by atoms with Gasteiger partial charge in [0.15, 0.2) is 0 Å². The van der Waals surface area contributed by atoms with Gasteiger partial charge in [-0.1, -0.05) is 29.4 Å². The van der Waals surface area contributed by atoms with Crippen molar-refractivity contribution in [3.63, 3.8) is 0 Å². The first-order valence-electron chi connectivity index (χ1n) is 13.4. The highest BCUT2D eigenvalue weighted by Crippen LogP contribution is 2.36. The largest absolute Gasteiger partial charge is 0.397 e. The molecule has 3 heterocycles. The first-order valence-corrected chi connectivity index (χ1v) is 14.2. The average Bonchev–Trinajstić information content (AvgIpc) is 2.90. The molecule has 0 saturated carbocycles. The van der Waals surface area contributed by atoms with Crippen molar-refractivity contribution in [1.82, 2.24) is 20.4 Å². The quantitative estimate of drug-likeness (QED) is 0.381. The van der Waals surface area contributed by atoms with E-state index in [1.807, 2.05) is 17.9 Å². The van der Waals surface area contributed by atoms with Crippen LogP contribution in [0.15, 0.2) is 23.2 Å². The first kappa shape index (κ1) is 26.8. The Kier molecular flexibility index (Phi) is 9.17. The molecule has 0 aromatic heterocycles. The molecule has 0 radical (unpaired) electrons. The fourth-order valence-corrected chi connectivity index (χ4v) is 6.15. The van der Waals surface area contributed by atoms with Gasteiger partial charge < -0.3 is 31.5 Å². The molecule has 2 amide bonds. The van der Waals surface area contributed by atoms with E-state index in [0.717, 1.165) is 53.9 Å². The molecular weight excluding hydrogens is 520 g/mol. The second-order valence-electron chi connectivity index (χ2n) is 10.4. The lowest BCUT2D eigenvalue weighted by Crippen LogP contribution is -2.54. The molecule has 2 unspecified atom stereocenters. The fraction of sp³-hybridized carbons (Fsp3) is 0.630. The summed E-state index contributed by atoms with van der Waals surface area (Å²) < 4.78 is 0.939. The Morgan fingerprint density at radius 3 is 2.61 bits per heavy atom. The Hall–Kier alpha value is -2.26. The number of hydrogen-bond acceptors (Lipinski definition) is 6. The van der Waals surface area contributed by atoms with Gasteiger partial charge in [-0.05, 0) is 50.7 Å². The minimum absolute atomic E-state index is 0.00443. The third kappa shape index (κ3) is 6.54. The Morgan fingerprint density at radius 1 is 1.11 bits per heavy atom. The summed E-state index contributed by atoms with van der Waals surface area (Å²) in [5, 5.41) is 10.1. The Balaban J connectivity index is 1.43. The number of likely N-dealkylation sites (tertiary alicyclic amines) is 2. The molecule has 36 heavy (non-hydrogen) atoms. The SMILES string of the molecule is C=C(c1cc(Br)cc(N)c1N[C@@H]1CCCN(C(=O)C2CNCC(NC(=O)CC)C2)C1)N1CCCCC1. The van der Waals surface area contributed by atoms with Gasteiger partial charge in [0.1, 0.15) is 0 Å². The summed E-state index contributed by atoms with van der Waals surface area (Å²) in [5.41, 5.74) is 10.1. The molecule has 0 spiro atoms. The van der Waals surface area contributed by atoms with Crippen LogP contribution in [0, 0.1) is 5.92 Å². The minimum Gasteiger partial charge on any atom is -0.397 e. The second-order valence-corrected chi connectivity index (χ2v) is 11.3. The Morgan fingerprint density at radius 2 is 1.86 bits per heavy atom. The summed E-state index contributed by atoms with van der Waals surface area (Å²) in [6.45, 7) is 11.1. The summed E-state index contributed by atoms with van der Waals surface area (Å²) in [4.78, 5) is 29.6. The summed E-state index contributed by atoms with van der Waals surface area (Å²) in [6.07, 6.45) is 6.70. The van der Waals surface area contributed by atoms with Crippen molar-refractivity contribution < 1.29 is 9.59 Å². The molecule has 3 fully saturated rings. The molecule has 3 saturated heterocycles. The zero-order valence-corrected chi connectivity index (χ0v) is 23.0. The van der Waals surface area contributed by atoms with Gasteiger partial charge >= 0.3 is 0 Å². The number of rotatable bonds is 7. The number of anilines is 2. The normalized spacial score (nSPS) is 24.8. The zero-order chi connectivity index (χ0) is 25.7. The molecule has 0 bridgehead atoms. The number of nitrogens with one attached hydrogen (secondary N) is 3. The summed E-state index contributed by atoms with van der Waals surface area (Å²) in [7, 11) is 0. The van der Waals surface area contributed by atoms with Crippen LogP contribution in [0.4, 0.5) is 11.4 Å². The van der Waals surface area contributed by atoms with Gasteiger partial charge in [0.05, 0.1) is 17.3 Å². The number of carbonyl (C=O) groups excluding carboxylic acids is 2. The number of amides is 2. The van der Waals surface area contributed by atoms with Crippen molar-refractivity contribution in [2.75, 3.05) is 50.3 Å². The minimum atomic E-state index is -0.119. The van der Waals surface area contributed by atoms with E-state index in [2.05, 4.69) is 49.4 Å². The van der Waals surface area contributed by atoms with Crippen LogP contribution in [0.5, 0.6) is 0 Å². The van der Waals surface area contributed by atoms with Crippen LogP contribution in [-0.2, 0) is 9.59 Å². The fourth-order valence-electron chi connectivity index (χ4n) is 5.68. The van der Waals surface area contributed by atoms with Crippen LogP contribution >= 0.6 is 15.9 Å². The topological polar surface area (TPSA) is 103 Å². The average molecular weight is 562 g/mol. The van der Waals surface area contributed by atoms with Crippen LogP contribution < -0.4 is 21.7 Å². The third-order valence-electron chi connectivity index (χ3n) is 7.65. The number of nitrogens with two attached hydrogens (primary N) is 1. The van der Waals surface area contributed by atoms with E-state index in [4.69, 9.17) is 5.73 Å². The van der Waals surface area contributed by atoms with Crippen molar-refractivity contribution in [1.29, 1.82) is 0 Å². The van der Waals surface area contributed by atoms with Gasteiger partial charge in [-0.25, -0.2) is 0 Å². The molecule has 5 N–H and O–H groups in total. The number of halogens is 1. The van der Waals surface area contributed by atoms with E-state index in [-0.39, 0.29) is 29.8 Å². The van der Waals surface area contributed by atoms with Crippen molar-refractivity contribution in [3.05, 3.63) is 28.7 Å². The number of nitrogens with zero attached hydrogens (tertiary/aromatic N) is 2. The first-order chi connectivity index (χ1) is 17.4. The molecule has 0 aliphatic carbocycles. The summed E-state index contributed by atoms with van der Waals surface area (Å²) >= 11 is 3.61. The van der Waals surface area contributed by atoms with Crippen LogP contribution in [0.3, 0.4) is 0 Å². The van der Waals surface area contributed by atoms with Crippen LogP contribution in [0.1, 0.15) is 57.4 Å². The van der Waals surface area contributed by atoms with Crippen molar-refractivity contribution >= 4 is 44.8 Å². The number of piperidine rings is 3. The van der Waals surface area contributed by atoms with E-state index in [9.17, 15) is 9.59 Å². The lowest BCUT2D eigenvalue weighted by Gasteiger charge is -2.38. The van der Waals surface area contributed by atoms with E-state index in [1.165, 1.54) is 19.3 Å². The lowest BCUT2D eigenvalue weighted by molar-refractivity contribution is -0.137. The third-order valence-corrected chi connectivity index (χ3v) is 8.11. The Bertz CT molecular complexity index is 964. The number of carbonyl (C=O) groups is 2. The molecule has 9 heteroatoms. The van der Waals surface area contributed by atoms with Crippen LogP contribution in [0.2, 0.25) is 0 Å². The highest BCUT2D eigenvalue weighted by Gasteiger charge is 2.33. The predicted molar refractivity (Wildman–Crippen MR) is 149 cm³/mol. The molecule has 4 rings (SSSR count). The number of nitrogen functional groups attached to an aromatic ring is 1. The monoisotopic (exact) mass is 560 g/mol. The highest BCUT2D eigenvalue weighted by atomic mass is 79.9. The number of hydrogen-bond donors (Lipinski definition) is 4. The summed E-state index contributed by atoms with van der Waals surface area (Å²) in [5.74, 6) is 0.0872. The lowest BCUT2D eigenvalue weighted by atomic mass is 9.93. The van der Waals surface area contributed by atoms with Gasteiger partial charge in [0.25, 0.3) is 0 Å². The molecular formula is C27H41BrN6O2. The molecule has 8 nitrogen and oxygen atoms in total. The molecule has 3 aliphatic heterocycles. The van der Waals surface area contributed by atoms with E-state index in [1.54, 1.807) is 0 Å². The summed E-state index contributed by atoms with van der Waals surface area (Å²) in [6, 6.07) is 4.15. The van der Waals surface area contributed by atoms with Gasteiger partial charge in [-0.15, -0.1) is 0 Å². The van der Waals surface area contributed by atoms with E-state index in [0.29, 0.717) is 38.2 Å². The van der Waals surface area contributed by atoms with Gasteiger partial charge in [-0.2, -0.15) is 0 Å². The maximum absolute atomic E-state index is 13.4. The van der Waals surface area contributed by atoms with Crippen molar-refractivity contribution in [3.8, 4) is 0 Å².